The van der Waals surface area contributed by atoms with Crippen molar-refractivity contribution in [2.75, 3.05) is 5.32 Å². The maximum Gasteiger partial charge on any atom is 0.264 e. The van der Waals surface area contributed by atoms with Crippen LogP contribution in [0.5, 0.6) is 0 Å². The summed E-state index contributed by atoms with van der Waals surface area (Å²) in [5, 5.41) is 14.2. The summed E-state index contributed by atoms with van der Waals surface area (Å²) in [7, 11) is 0. The number of nitrogens with one attached hydrogen (secondary N) is 3. The zero-order chi connectivity index (χ0) is 18.1. The minimum Gasteiger partial charge on any atom is -0.302 e. The number of nitrogens with zero attached hydrogens (tertiary/aromatic N) is 3. The Morgan fingerprint density at radius 1 is 1.35 bits per heavy atom. The van der Waals surface area contributed by atoms with Gasteiger partial charge in [-0.3, -0.25) is 14.7 Å². The highest BCUT2D eigenvalue weighted by atomic mass is 32.2. The van der Waals surface area contributed by atoms with Gasteiger partial charge in [0.2, 0.25) is 5.91 Å². The van der Waals surface area contributed by atoms with E-state index >= 15 is 0 Å². The first-order chi connectivity index (χ1) is 12.6. The average Bonchev–Trinajstić information content (AvgIpc) is 3.29. The minimum atomic E-state index is -0.217. The molecule has 1 aliphatic heterocycles. The van der Waals surface area contributed by atoms with Crippen molar-refractivity contribution in [1.82, 2.24) is 20.5 Å². The number of aromatic amines is 1. The fourth-order valence-electron chi connectivity index (χ4n) is 2.28. The van der Waals surface area contributed by atoms with E-state index in [9.17, 15) is 9.59 Å². The number of benzene rings is 1. The molecule has 0 unspecified atom stereocenters. The molecular formula is C16H12N6O2S2. The molecule has 0 bridgehead atoms. The normalized spacial score (nSPS) is 17.2. The van der Waals surface area contributed by atoms with Crippen LogP contribution in [0.3, 0.4) is 0 Å². The highest BCUT2D eigenvalue weighted by Crippen LogP contribution is 2.30. The quantitative estimate of drug-likeness (QED) is 0.601. The van der Waals surface area contributed by atoms with Crippen molar-refractivity contribution >= 4 is 67.9 Å². The monoisotopic (exact) mass is 384 g/mol. The van der Waals surface area contributed by atoms with Gasteiger partial charge < -0.3 is 10.6 Å². The second kappa shape index (κ2) is 6.73. The Labute approximate surface area is 155 Å². The van der Waals surface area contributed by atoms with E-state index in [1.54, 1.807) is 18.5 Å². The highest BCUT2D eigenvalue weighted by Gasteiger charge is 2.24. The summed E-state index contributed by atoms with van der Waals surface area (Å²) in [6.45, 7) is 1.42. The molecule has 0 saturated carbocycles. The fourth-order valence-corrected chi connectivity index (χ4v) is 4.00. The van der Waals surface area contributed by atoms with Crippen molar-refractivity contribution in [2.45, 2.75) is 6.92 Å². The summed E-state index contributed by atoms with van der Waals surface area (Å²) in [5.41, 5.74) is 1.60. The molecule has 0 aliphatic carbocycles. The molecule has 0 radical (unpaired) electrons. The first kappa shape index (κ1) is 16.5. The Balaban J connectivity index is 1.54. The summed E-state index contributed by atoms with van der Waals surface area (Å²) in [5.74, 6) is -0.402. The molecule has 130 valence electrons. The Bertz CT molecular complexity index is 1080. The van der Waals surface area contributed by atoms with Crippen LogP contribution >= 0.6 is 23.1 Å². The van der Waals surface area contributed by atoms with Crippen LogP contribution in [0.4, 0.5) is 10.8 Å². The first-order valence-electron chi connectivity index (χ1n) is 7.53. The molecule has 3 N–H and O–H groups in total. The van der Waals surface area contributed by atoms with Crippen molar-refractivity contribution in [3.8, 4) is 0 Å². The number of carbonyl (C=O) groups is 2. The largest absolute Gasteiger partial charge is 0.302 e. The molecule has 0 spiro atoms. The van der Waals surface area contributed by atoms with Crippen LogP contribution in [0.25, 0.3) is 17.0 Å². The maximum absolute atomic E-state index is 12.2. The van der Waals surface area contributed by atoms with Crippen molar-refractivity contribution in [1.29, 1.82) is 0 Å². The molecule has 8 nitrogen and oxygen atoms in total. The number of thiazole rings is 1. The molecule has 1 fully saturated rings. The Morgan fingerprint density at radius 2 is 2.23 bits per heavy atom. The number of hydrogen-bond acceptors (Lipinski definition) is 7. The topological polar surface area (TPSA) is 112 Å². The number of amides is 2. The molecule has 1 saturated heterocycles. The number of H-pyrrole nitrogens is 1. The summed E-state index contributed by atoms with van der Waals surface area (Å²) < 4.78 is 0. The zero-order valence-corrected chi connectivity index (χ0v) is 15.1. The van der Waals surface area contributed by atoms with Gasteiger partial charge in [0.1, 0.15) is 0 Å². The van der Waals surface area contributed by atoms with Gasteiger partial charge in [0, 0.05) is 18.5 Å². The van der Waals surface area contributed by atoms with Gasteiger partial charge in [-0.2, -0.15) is 5.10 Å². The van der Waals surface area contributed by atoms with Gasteiger partial charge in [-0.05, 0) is 36.0 Å². The average molecular weight is 384 g/mol. The van der Waals surface area contributed by atoms with E-state index in [1.807, 2.05) is 18.2 Å². The second-order valence-corrected chi connectivity index (χ2v) is 7.47. The molecule has 10 heteroatoms. The van der Waals surface area contributed by atoms with E-state index in [0.717, 1.165) is 21.5 Å². The van der Waals surface area contributed by atoms with Crippen LogP contribution in [-0.4, -0.2) is 32.2 Å². The second-order valence-electron chi connectivity index (χ2n) is 5.37. The van der Waals surface area contributed by atoms with Crippen LogP contribution in [0, 0.1) is 0 Å². The summed E-state index contributed by atoms with van der Waals surface area (Å²) >= 11 is 2.55. The van der Waals surface area contributed by atoms with E-state index in [4.69, 9.17) is 0 Å². The third-order valence-electron chi connectivity index (χ3n) is 3.39. The van der Waals surface area contributed by atoms with Gasteiger partial charge in [-0.15, -0.1) is 0 Å². The number of thioether (sulfide) groups is 1. The third kappa shape index (κ3) is 3.51. The Morgan fingerprint density at radius 3 is 3.08 bits per heavy atom. The van der Waals surface area contributed by atoms with Gasteiger partial charge in [-0.1, -0.05) is 11.3 Å². The van der Waals surface area contributed by atoms with Gasteiger partial charge in [0.15, 0.2) is 10.3 Å². The van der Waals surface area contributed by atoms with Crippen LogP contribution in [0.1, 0.15) is 11.8 Å². The molecule has 1 aromatic carbocycles. The number of carbonyl (C=O) groups excluding carboxylic acids is 2. The number of fused-ring (bicyclic) bond motifs is 1. The SMILES string of the molecule is CC(=O)Nc1ncc(C=C2SC(=Nc3ccc4cn[nH]c4c3)NC2=O)s1. The van der Waals surface area contributed by atoms with Crippen LogP contribution < -0.4 is 10.6 Å². The molecular weight excluding hydrogens is 372 g/mol. The minimum absolute atomic E-state index is 0.185. The number of amidine groups is 1. The molecule has 2 aromatic heterocycles. The Kier molecular flexibility index (Phi) is 4.27. The van der Waals surface area contributed by atoms with Crippen molar-refractivity contribution < 1.29 is 9.59 Å². The lowest BCUT2D eigenvalue weighted by atomic mass is 10.2. The first-order valence-corrected chi connectivity index (χ1v) is 9.16. The van der Waals surface area contributed by atoms with E-state index in [2.05, 4.69) is 30.8 Å². The predicted molar refractivity (Wildman–Crippen MR) is 103 cm³/mol. The molecule has 2 amide bonds. The van der Waals surface area contributed by atoms with Crippen LogP contribution in [-0.2, 0) is 9.59 Å². The molecule has 3 aromatic rings. The molecule has 1 aliphatic rings. The fraction of sp³-hybridized carbons (Fsp3) is 0.0625. The number of aliphatic imine (C=N–C) groups is 1. The smallest absolute Gasteiger partial charge is 0.264 e. The lowest BCUT2D eigenvalue weighted by Gasteiger charge is -1.96. The van der Waals surface area contributed by atoms with Gasteiger partial charge in [-0.25, -0.2) is 9.98 Å². The summed E-state index contributed by atoms with van der Waals surface area (Å²) in [6.07, 6.45) is 5.07. The predicted octanol–water partition coefficient (Wildman–Crippen LogP) is 2.87. The highest BCUT2D eigenvalue weighted by molar-refractivity contribution is 8.18. The van der Waals surface area contributed by atoms with Crippen LogP contribution in [0.15, 0.2) is 40.5 Å². The number of rotatable bonds is 3. The Hall–Kier alpha value is -2.98. The number of hydrogen-bond donors (Lipinski definition) is 3. The van der Waals surface area contributed by atoms with E-state index < -0.39 is 0 Å². The van der Waals surface area contributed by atoms with Gasteiger partial charge in [0.25, 0.3) is 5.91 Å². The van der Waals surface area contributed by atoms with E-state index in [0.29, 0.717) is 15.2 Å². The zero-order valence-electron chi connectivity index (χ0n) is 13.4. The maximum atomic E-state index is 12.2. The van der Waals surface area contributed by atoms with Crippen LogP contribution in [0.2, 0.25) is 0 Å². The third-order valence-corrected chi connectivity index (χ3v) is 5.16. The molecule has 0 atom stereocenters. The number of anilines is 1. The van der Waals surface area contributed by atoms with Crippen molar-refractivity contribution in [3.05, 3.63) is 40.4 Å². The molecule has 26 heavy (non-hydrogen) atoms. The number of aromatic nitrogens is 3. The van der Waals surface area contributed by atoms with Crippen molar-refractivity contribution in [3.63, 3.8) is 0 Å². The van der Waals surface area contributed by atoms with E-state index in [-0.39, 0.29) is 11.8 Å². The van der Waals surface area contributed by atoms with Gasteiger partial charge >= 0.3 is 0 Å². The molecule has 3 heterocycles. The standard InChI is InChI=1S/C16H12N6O2S2/c1-8(23)19-15-17-7-11(25-15)5-13-14(24)21-16(26-13)20-10-3-2-9-6-18-22-12(9)4-10/h2-7H,1H3,(H,18,22)(H,17,19,23)(H,20,21,24). The summed E-state index contributed by atoms with van der Waals surface area (Å²) in [4.78, 5) is 33.1. The van der Waals surface area contributed by atoms with E-state index in [1.165, 1.54) is 30.0 Å². The van der Waals surface area contributed by atoms with Crippen molar-refractivity contribution in [2.24, 2.45) is 4.99 Å². The van der Waals surface area contributed by atoms with Gasteiger partial charge in [0.05, 0.1) is 27.2 Å². The lowest BCUT2D eigenvalue weighted by molar-refractivity contribution is -0.115. The molecule has 4 rings (SSSR count). The lowest BCUT2D eigenvalue weighted by Crippen LogP contribution is -2.19. The summed E-state index contributed by atoms with van der Waals surface area (Å²) in [6, 6.07) is 5.64.